The molecule has 0 aliphatic heterocycles. The largest absolute Gasteiger partial charge is 0.347 e. The van der Waals surface area contributed by atoms with Crippen molar-refractivity contribution in [3.63, 3.8) is 0 Å². The van der Waals surface area contributed by atoms with Gasteiger partial charge in [0.2, 0.25) is 0 Å². The second-order valence-electron chi connectivity index (χ2n) is 5.91. The lowest BCUT2D eigenvalue weighted by Crippen LogP contribution is -2.40. The SMILES string of the molecule is CC(C)=CCC/C(C)=C/CNC(=O)C(=O)NCCc1ccccn1. The lowest BCUT2D eigenvalue weighted by molar-refractivity contribution is -0.139. The van der Waals surface area contributed by atoms with Crippen LogP contribution in [0.3, 0.4) is 0 Å². The summed E-state index contributed by atoms with van der Waals surface area (Å²) in [5.41, 5.74) is 3.38. The van der Waals surface area contributed by atoms with E-state index >= 15 is 0 Å². The Balaban J connectivity index is 2.21. The van der Waals surface area contributed by atoms with Crippen molar-refractivity contribution in [1.29, 1.82) is 0 Å². The third kappa shape index (κ3) is 8.88. The molecule has 0 aromatic carbocycles. The van der Waals surface area contributed by atoms with E-state index in [4.69, 9.17) is 0 Å². The molecule has 0 unspecified atom stereocenters. The van der Waals surface area contributed by atoms with Gasteiger partial charge in [-0.25, -0.2) is 0 Å². The first-order valence-corrected chi connectivity index (χ1v) is 8.24. The van der Waals surface area contributed by atoms with E-state index in [1.807, 2.05) is 31.2 Å². The Morgan fingerprint density at radius 3 is 2.50 bits per heavy atom. The van der Waals surface area contributed by atoms with E-state index in [1.165, 1.54) is 11.1 Å². The molecule has 0 saturated carbocycles. The van der Waals surface area contributed by atoms with Crippen molar-refractivity contribution in [3.8, 4) is 0 Å². The zero-order valence-electron chi connectivity index (χ0n) is 14.8. The molecule has 0 bridgehead atoms. The summed E-state index contributed by atoms with van der Waals surface area (Å²) in [5, 5.41) is 5.20. The Kier molecular flexibility index (Phi) is 9.12. The van der Waals surface area contributed by atoms with E-state index in [0.717, 1.165) is 18.5 Å². The lowest BCUT2D eigenvalue weighted by Gasteiger charge is -2.05. The maximum Gasteiger partial charge on any atom is 0.309 e. The van der Waals surface area contributed by atoms with E-state index < -0.39 is 11.8 Å². The third-order valence-electron chi connectivity index (χ3n) is 3.40. The van der Waals surface area contributed by atoms with Gasteiger partial charge in [0.25, 0.3) is 0 Å². The molecular weight excluding hydrogens is 302 g/mol. The normalized spacial score (nSPS) is 10.9. The Morgan fingerprint density at radius 1 is 1.08 bits per heavy atom. The van der Waals surface area contributed by atoms with Crippen molar-refractivity contribution in [2.24, 2.45) is 0 Å². The minimum absolute atomic E-state index is 0.368. The highest BCUT2D eigenvalue weighted by molar-refractivity contribution is 6.35. The van der Waals surface area contributed by atoms with Gasteiger partial charge in [0.05, 0.1) is 0 Å². The van der Waals surface area contributed by atoms with Gasteiger partial charge >= 0.3 is 11.8 Å². The van der Waals surface area contributed by atoms with Gasteiger partial charge < -0.3 is 10.6 Å². The second kappa shape index (κ2) is 11.2. The van der Waals surface area contributed by atoms with Crippen molar-refractivity contribution in [1.82, 2.24) is 15.6 Å². The van der Waals surface area contributed by atoms with Crippen molar-refractivity contribution in [2.45, 2.75) is 40.0 Å². The van der Waals surface area contributed by atoms with Gasteiger partial charge in [-0.2, -0.15) is 0 Å². The number of carbonyl (C=O) groups is 2. The smallest absolute Gasteiger partial charge is 0.309 e. The summed E-state index contributed by atoms with van der Waals surface area (Å²) in [6.07, 6.45) is 8.38. The van der Waals surface area contributed by atoms with Gasteiger partial charge in [0.15, 0.2) is 0 Å². The van der Waals surface area contributed by atoms with Crippen molar-refractivity contribution < 1.29 is 9.59 Å². The van der Waals surface area contributed by atoms with Gasteiger partial charge in [-0.05, 0) is 45.7 Å². The minimum atomic E-state index is -0.610. The standard InChI is InChI=1S/C19H27N3O2/c1-15(2)7-6-8-16(3)10-13-21-18(23)19(24)22-14-11-17-9-4-5-12-20-17/h4-5,7,9-10,12H,6,8,11,13-14H2,1-3H3,(H,21,23)(H,22,24)/b16-10+. The molecule has 0 saturated heterocycles. The van der Waals surface area contributed by atoms with Gasteiger partial charge in [0.1, 0.15) is 0 Å². The van der Waals surface area contributed by atoms with E-state index in [-0.39, 0.29) is 0 Å². The fraction of sp³-hybridized carbons (Fsp3) is 0.421. The highest BCUT2D eigenvalue weighted by atomic mass is 16.2. The van der Waals surface area contributed by atoms with Crippen LogP contribution in [0.15, 0.2) is 47.7 Å². The third-order valence-corrected chi connectivity index (χ3v) is 3.40. The van der Waals surface area contributed by atoms with E-state index in [1.54, 1.807) is 6.20 Å². The van der Waals surface area contributed by atoms with Crippen molar-refractivity contribution >= 4 is 11.8 Å². The molecule has 0 spiro atoms. The summed E-state index contributed by atoms with van der Waals surface area (Å²) in [4.78, 5) is 27.5. The molecule has 1 heterocycles. The van der Waals surface area contributed by atoms with Gasteiger partial charge in [-0.3, -0.25) is 14.6 Å². The van der Waals surface area contributed by atoms with Crippen LogP contribution in [0.5, 0.6) is 0 Å². The zero-order valence-corrected chi connectivity index (χ0v) is 14.8. The van der Waals surface area contributed by atoms with Crippen LogP contribution < -0.4 is 10.6 Å². The number of rotatable bonds is 8. The number of amides is 2. The van der Waals surface area contributed by atoms with Crippen LogP contribution in [0, 0.1) is 0 Å². The van der Waals surface area contributed by atoms with E-state index in [0.29, 0.717) is 19.5 Å². The summed E-state index contributed by atoms with van der Waals surface area (Å²) in [7, 11) is 0. The molecule has 0 atom stereocenters. The van der Waals surface area contributed by atoms with Crippen LogP contribution in [0.25, 0.3) is 0 Å². The summed E-state index contributed by atoms with van der Waals surface area (Å²) >= 11 is 0. The first-order valence-electron chi connectivity index (χ1n) is 8.24. The first-order chi connectivity index (χ1) is 11.5. The predicted molar refractivity (Wildman–Crippen MR) is 96.4 cm³/mol. The van der Waals surface area contributed by atoms with Crippen LogP contribution in [0.4, 0.5) is 0 Å². The Bertz CT molecular complexity index is 588. The van der Waals surface area contributed by atoms with Gasteiger partial charge in [-0.1, -0.05) is 29.4 Å². The van der Waals surface area contributed by atoms with Gasteiger partial charge in [0, 0.05) is 31.4 Å². The highest BCUT2D eigenvalue weighted by Gasteiger charge is 2.11. The quantitative estimate of drug-likeness (QED) is 0.569. The number of aromatic nitrogens is 1. The molecule has 5 nitrogen and oxygen atoms in total. The molecule has 1 rings (SSSR count). The van der Waals surface area contributed by atoms with E-state index in [2.05, 4.69) is 35.5 Å². The summed E-state index contributed by atoms with van der Waals surface area (Å²) in [6.45, 7) is 6.93. The van der Waals surface area contributed by atoms with E-state index in [9.17, 15) is 9.59 Å². The Morgan fingerprint density at radius 2 is 1.83 bits per heavy atom. The molecule has 130 valence electrons. The average molecular weight is 329 g/mol. The second-order valence-corrected chi connectivity index (χ2v) is 5.91. The zero-order chi connectivity index (χ0) is 17.8. The molecule has 0 fully saturated rings. The van der Waals surface area contributed by atoms with Crippen LogP contribution in [0.2, 0.25) is 0 Å². The first kappa shape index (κ1) is 19.6. The average Bonchev–Trinajstić information content (AvgIpc) is 2.55. The Hall–Kier alpha value is -2.43. The minimum Gasteiger partial charge on any atom is -0.347 e. The van der Waals surface area contributed by atoms with Crippen LogP contribution in [-0.2, 0) is 16.0 Å². The Labute approximate surface area is 144 Å². The van der Waals surface area contributed by atoms with Crippen molar-refractivity contribution in [2.75, 3.05) is 13.1 Å². The summed E-state index contributed by atoms with van der Waals surface area (Å²) < 4.78 is 0. The molecule has 2 N–H and O–H groups in total. The molecule has 0 radical (unpaired) electrons. The number of hydrogen-bond donors (Lipinski definition) is 2. The fourth-order valence-electron chi connectivity index (χ4n) is 2.02. The summed E-state index contributed by atoms with van der Waals surface area (Å²) in [6, 6.07) is 5.61. The maximum absolute atomic E-state index is 11.7. The number of carbonyl (C=O) groups excluding carboxylic acids is 2. The van der Waals surface area contributed by atoms with Crippen LogP contribution >= 0.6 is 0 Å². The van der Waals surface area contributed by atoms with Crippen LogP contribution in [0.1, 0.15) is 39.3 Å². The monoisotopic (exact) mass is 329 g/mol. The molecule has 0 aliphatic rings. The molecule has 24 heavy (non-hydrogen) atoms. The molecule has 2 amide bonds. The maximum atomic E-state index is 11.7. The predicted octanol–water partition coefficient (Wildman–Crippen LogP) is 2.55. The van der Waals surface area contributed by atoms with Crippen molar-refractivity contribution in [3.05, 3.63) is 53.4 Å². The molecular formula is C19H27N3O2. The number of allylic oxidation sites excluding steroid dienone is 3. The number of hydrogen-bond acceptors (Lipinski definition) is 3. The molecule has 1 aromatic heterocycles. The molecule has 0 aliphatic carbocycles. The molecule has 1 aromatic rings. The lowest BCUT2D eigenvalue weighted by atomic mass is 10.1. The highest BCUT2D eigenvalue weighted by Crippen LogP contribution is 2.05. The topological polar surface area (TPSA) is 71.1 Å². The number of pyridine rings is 1. The number of nitrogens with one attached hydrogen (secondary N) is 2. The van der Waals surface area contributed by atoms with Gasteiger partial charge in [-0.15, -0.1) is 0 Å². The molecule has 5 heteroatoms. The fourth-order valence-corrected chi connectivity index (χ4v) is 2.02. The number of nitrogens with zero attached hydrogens (tertiary/aromatic N) is 1. The van der Waals surface area contributed by atoms with Crippen LogP contribution in [-0.4, -0.2) is 29.9 Å². The summed E-state index contributed by atoms with van der Waals surface area (Å²) in [5.74, 6) is -1.22.